The van der Waals surface area contributed by atoms with E-state index in [0.29, 0.717) is 5.16 Å². The maximum absolute atomic E-state index is 13.3. The van der Waals surface area contributed by atoms with Crippen LogP contribution in [-0.2, 0) is 10.0 Å². The Bertz CT molecular complexity index is 1580. The Balaban J connectivity index is 1.44. The van der Waals surface area contributed by atoms with E-state index in [1.165, 1.54) is 11.8 Å². The first-order valence-electron chi connectivity index (χ1n) is 10.7. The van der Waals surface area contributed by atoms with Crippen molar-refractivity contribution >= 4 is 32.6 Å². The number of aromatic nitrogens is 4. The highest BCUT2D eigenvalue weighted by Gasteiger charge is 2.39. The molecule has 1 heterocycles. The van der Waals surface area contributed by atoms with Crippen LogP contribution in [0.5, 0.6) is 0 Å². The van der Waals surface area contributed by atoms with Crippen molar-refractivity contribution in [2.45, 2.75) is 21.3 Å². The van der Waals surface area contributed by atoms with Crippen LogP contribution in [0.15, 0.2) is 107 Å². The van der Waals surface area contributed by atoms with Crippen molar-refractivity contribution in [1.29, 1.82) is 0 Å². The van der Waals surface area contributed by atoms with Crippen molar-refractivity contribution in [2.24, 2.45) is 0 Å². The van der Waals surface area contributed by atoms with Crippen LogP contribution in [0.4, 0.5) is 0 Å². The third-order valence-corrected chi connectivity index (χ3v) is 8.63. The van der Waals surface area contributed by atoms with Gasteiger partial charge in [0, 0.05) is 0 Å². The van der Waals surface area contributed by atoms with Crippen molar-refractivity contribution in [1.82, 2.24) is 24.9 Å². The van der Waals surface area contributed by atoms with E-state index in [9.17, 15) is 8.42 Å². The number of hydrogen-bond donors (Lipinski definition) is 1. The summed E-state index contributed by atoms with van der Waals surface area (Å²) in [6.07, 6.45) is 0. The summed E-state index contributed by atoms with van der Waals surface area (Å²) in [7, 11) is -3.75. The number of hydrogen-bond acceptors (Lipinski definition) is 6. The van der Waals surface area contributed by atoms with E-state index in [1.54, 1.807) is 35.0 Å². The predicted octanol–water partition coefficient (Wildman–Crippen LogP) is 4.68. The molecule has 0 amide bonds. The molecule has 1 aromatic heterocycles. The molecule has 9 heteroatoms. The lowest BCUT2D eigenvalue weighted by Gasteiger charge is -2.22. The maximum atomic E-state index is 13.3. The zero-order valence-corrected chi connectivity index (χ0v) is 19.4. The highest BCUT2D eigenvalue weighted by atomic mass is 32.2. The van der Waals surface area contributed by atoms with E-state index in [2.05, 4.69) is 26.3 Å². The van der Waals surface area contributed by atoms with Gasteiger partial charge in [-0.3, -0.25) is 0 Å². The van der Waals surface area contributed by atoms with Gasteiger partial charge in [0.2, 0.25) is 15.2 Å². The lowest BCUT2D eigenvalue weighted by Crippen LogP contribution is -2.30. The SMILES string of the molecule is O=S(=O)(N[C@H]1c2cccc3cccc(c23)[C@H]1Sc1nnnn1-c1ccccc1)c1ccccc1. The Kier molecular flexibility index (Phi) is 5.17. The molecule has 0 fully saturated rings. The van der Waals surface area contributed by atoms with E-state index in [0.717, 1.165) is 27.6 Å². The largest absolute Gasteiger partial charge is 0.241 e. The van der Waals surface area contributed by atoms with E-state index < -0.39 is 16.1 Å². The van der Waals surface area contributed by atoms with Crippen LogP contribution in [0.1, 0.15) is 22.4 Å². The van der Waals surface area contributed by atoms with Crippen LogP contribution >= 0.6 is 11.8 Å². The van der Waals surface area contributed by atoms with Crippen LogP contribution in [0.2, 0.25) is 0 Å². The molecule has 7 nitrogen and oxygen atoms in total. The molecule has 0 saturated carbocycles. The summed E-state index contributed by atoms with van der Waals surface area (Å²) in [5.74, 6) is 0. The molecule has 0 bridgehead atoms. The van der Waals surface area contributed by atoms with Gasteiger partial charge in [0.15, 0.2) is 0 Å². The van der Waals surface area contributed by atoms with Gasteiger partial charge < -0.3 is 0 Å². The first kappa shape index (κ1) is 21.0. The van der Waals surface area contributed by atoms with Gasteiger partial charge >= 0.3 is 0 Å². The van der Waals surface area contributed by atoms with Crippen LogP contribution < -0.4 is 4.72 Å². The first-order valence-corrected chi connectivity index (χ1v) is 13.1. The molecular weight excluding hydrogens is 466 g/mol. The van der Waals surface area contributed by atoms with Gasteiger partial charge in [-0.1, -0.05) is 84.6 Å². The molecule has 34 heavy (non-hydrogen) atoms. The van der Waals surface area contributed by atoms with Crippen molar-refractivity contribution < 1.29 is 8.42 Å². The van der Waals surface area contributed by atoms with Gasteiger partial charge in [-0.25, -0.2) is 13.1 Å². The predicted molar refractivity (Wildman–Crippen MR) is 131 cm³/mol. The second-order valence-corrected chi connectivity index (χ2v) is 10.8. The third kappa shape index (κ3) is 3.58. The van der Waals surface area contributed by atoms with E-state index in [-0.39, 0.29) is 10.1 Å². The van der Waals surface area contributed by atoms with E-state index in [4.69, 9.17) is 0 Å². The lowest BCUT2D eigenvalue weighted by molar-refractivity contribution is 0.557. The molecule has 2 atom stereocenters. The van der Waals surface area contributed by atoms with Crippen LogP contribution in [0.3, 0.4) is 0 Å². The van der Waals surface area contributed by atoms with Crippen LogP contribution in [0, 0.1) is 0 Å². The maximum Gasteiger partial charge on any atom is 0.241 e. The molecule has 168 valence electrons. The Hall–Kier alpha value is -3.53. The van der Waals surface area contributed by atoms with E-state index >= 15 is 0 Å². The topological polar surface area (TPSA) is 89.8 Å². The Labute approximate surface area is 200 Å². The molecule has 1 N–H and O–H groups in total. The summed E-state index contributed by atoms with van der Waals surface area (Å²) in [6.45, 7) is 0. The highest BCUT2D eigenvalue weighted by Crippen LogP contribution is 2.53. The fourth-order valence-corrected chi connectivity index (χ4v) is 6.99. The zero-order valence-electron chi connectivity index (χ0n) is 17.8. The minimum Gasteiger partial charge on any atom is -0.207 e. The van der Waals surface area contributed by atoms with Gasteiger partial charge in [0.25, 0.3) is 0 Å². The van der Waals surface area contributed by atoms with Crippen molar-refractivity contribution in [3.63, 3.8) is 0 Å². The number of tetrazole rings is 1. The minimum atomic E-state index is -3.75. The quantitative estimate of drug-likeness (QED) is 0.376. The van der Waals surface area contributed by atoms with Gasteiger partial charge in [0.05, 0.1) is 21.9 Å². The number of rotatable bonds is 6. The van der Waals surface area contributed by atoms with Gasteiger partial charge in [-0.05, 0) is 56.6 Å². The average Bonchev–Trinajstić information content (AvgIpc) is 3.45. The fourth-order valence-electron chi connectivity index (χ4n) is 4.43. The summed E-state index contributed by atoms with van der Waals surface area (Å²) in [6, 6.07) is 29.7. The van der Waals surface area contributed by atoms with Gasteiger partial charge in [0.1, 0.15) is 0 Å². The Morgan fingerprint density at radius 3 is 2.21 bits per heavy atom. The minimum absolute atomic E-state index is 0.232. The molecule has 0 unspecified atom stereocenters. The molecule has 1 aliphatic carbocycles. The summed E-state index contributed by atoms with van der Waals surface area (Å²) in [5.41, 5.74) is 2.84. The third-order valence-electron chi connectivity index (χ3n) is 5.92. The standard InChI is InChI=1S/C25H19N5O2S2/c31-34(32,19-13-5-2-6-14-19)27-23-20-15-7-9-17-10-8-16-21(22(17)20)24(23)33-25-26-28-29-30(25)18-11-3-1-4-12-18/h1-16,23-24,27H/t23-,24+/m0/s1. The second-order valence-electron chi connectivity index (χ2n) is 7.95. The molecule has 1 aliphatic rings. The normalized spacial score (nSPS) is 17.3. The smallest absolute Gasteiger partial charge is 0.207 e. The second kappa shape index (κ2) is 8.35. The summed E-state index contributed by atoms with van der Waals surface area (Å²) in [4.78, 5) is 0.232. The van der Waals surface area contributed by atoms with Crippen molar-refractivity contribution in [3.8, 4) is 5.69 Å². The van der Waals surface area contributed by atoms with Crippen molar-refractivity contribution in [2.75, 3.05) is 0 Å². The number of thioether (sulfide) groups is 1. The monoisotopic (exact) mass is 485 g/mol. The summed E-state index contributed by atoms with van der Waals surface area (Å²) in [5, 5.41) is 14.8. The number of sulfonamides is 1. The van der Waals surface area contributed by atoms with E-state index in [1.807, 2.05) is 60.7 Å². The lowest BCUT2D eigenvalue weighted by atomic mass is 10.1. The Morgan fingerprint density at radius 1 is 0.794 bits per heavy atom. The summed E-state index contributed by atoms with van der Waals surface area (Å²) < 4.78 is 31.3. The number of nitrogens with zero attached hydrogens (tertiary/aromatic N) is 4. The summed E-state index contributed by atoms with van der Waals surface area (Å²) >= 11 is 1.45. The van der Waals surface area contributed by atoms with Crippen LogP contribution in [-0.4, -0.2) is 28.6 Å². The molecule has 0 spiro atoms. The zero-order chi connectivity index (χ0) is 23.1. The number of nitrogens with one attached hydrogen (secondary N) is 1. The average molecular weight is 486 g/mol. The fraction of sp³-hybridized carbons (Fsp3) is 0.0800. The highest BCUT2D eigenvalue weighted by molar-refractivity contribution is 7.99. The molecule has 0 saturated heterocycles. The molecular formula is C25H19N5O2S2. The molecule has 4 aromatic carbocycles. The first-order chi connectivity index (χ1) is 16.6. The Morgan fingerprint density at radius 2 is 1.47 bits per heavy atom. The van der Waals surface area contributed by atoms with Gasteiger partial charge in [-0.2, -0.15) is 4.68 Å². The van der Waals surface area contributed by atoms with Crippen molar-refractivity contribution in [3.05, 3.63) is 108 Å². The van der Waals surface area contributed by atoms with Crippen LogP contribution in [0.25, 0.3) is 16.5 Å². The molecule has 5 aromatic rings. The molecule has 0 radical (unpaired) electrons. The number of benzene rings is 4. The number of para-hydroxylation sites is 1. The van der Waals surface area contributed by atoms with Gasteiger partial charge in [-0.15, -0.1) is 5.10 Å². The molecule has 0 aliphatic heterocycles. The molecule has 6 rings (SSSR count).